The van der Waals surface area contributed by atoms with E-state index in [9.17, 15) is 14.4 Å². The first-order valence-electron chi connectivity index (χ1n) is 7.55. The fraction of sp³-hybridized carbons (Fsp3) is 0.438. The molecular formula is C16H22N2O5. The number of amides is 2. The molecule has 0 unspecified atom stereocenters. The lowest BCUT2D eigenvalue weighted by molar-refractivity contribution is -0.136. The third kappa shape index (κ3) is 8.57. The molecule has 7 nitrogen and oxygen atoms in total. The number of rotatable bonds is 10. The molecule has 0 heterocycles. The molecule has 0 aromatic heterocycles. The number of unbranched alkanes of at least 4 members (excludes halogenated alkanes) is 3. The molecule has 0 aliphatic heterocycles. The number of benzene rings is 1. The van der Waals surface area contributed by atoms with Gasteiger partial charge in [-0.25, -0.2) is 5.48 Å². The van der Waals surface area contributed by atoms with Crippen molar-refractivity contribution in [2.75, 3.05) is 5.32 Å². The third-order valence-electron chi connectivity index (χ3n) is 3.28. The van der Waals surface area contributed by atoms with Crippen molar-refractivity contribution in [1.29, 1.82) is 0 Å². The molecule has 126 valence electrons. The van der Waals surface area contributed by atoms with Crippen molar-refractivity contribution in [3.63, 3.8) is 0 Å². The van der Waals surface area contributed by atoms with Gasteiger partial charge in [0.1, 0.15) is 0 Å². The topological polar surface area (TPSA) is 116 Å². The summed E-state index contributed by atoms with van der Waals surface area (Å²) in [6, 6.07) is 6.72. The van der Waals surface area contributed by atoms with Crippen LogP contribution in [0.25, 0.3) is 0 Å². The van der Waals surface area contributed by atoms with E-state index in [0.717, 1.165) is 19.3 Å². The molecule has 4 N–H and O–H groups in total. The van der Waals surface area contributed by atoms with Crippen molar-refractivity contribution in [2.45, 2.75) is 44.9 Å². The van der Waals surface area contributed by atoms with Crippen molar-refractivity contribution in [2.24, 2.45) is 0 Å². The van der Waals surface area contributed by atoms with Crippen LogP contribution in [0.3, 0.4) is 0 Å². The minimum atomic E-state index is -0.891. The summed E-state index contributed by atoms with van der Waals surface area (Å²) in [6.07, 6.45) is 3.70. The minimum Gasteiger partial charge on any atom is -0.481 e. The van der Waals surface area contributed by atoms with Crippen molar-refractivity contribution in [3.05, 3.63) is 29.8 Å². The highest BCUT2D eigenvalue weighted by atomic mass is 16.5. The fourth-order valence-electron chi connectivity index (χ4n) is 2.08. The second kappa shape index (κ2) is 10.3. The molecular weight excluding hydrogens is 300 g/mol. The highest BCUT2D eigenvalue weighted by Gasteiger charge is 2.04. The van der Waals surface area contributed by atoms with Gasteiger partial charge in [-0.3, -0.25) is 19.6 Å². The second-order valence-electron chi connectivity index (χ2n) is 5.26. The Kier molecular flexibility index (Phi) is 8.38. The van der Waals surface area contributed by atoms with Gasteiger partial charge in [-0.1, -0.05) is 25.0 Å². The average Bonchev–Trinajstić information content (AvgIpc) is 2.51. The highest BCUT2D eigenvalue weighted by molar-refractivity contribution is 5.90. The molecule has 0 saturated carbocycles. The van der Waals surface area contributed by atoms with Gasteiger partial charge >= 0.3 is 5.97 Å². The maximum Gasteiger partial charge on any atom is 0.307 e. The van der Waals surface area contributed by atoms with E-state index >= 15 is 0 Å². The molecule has 0 radical (unpaired) electrons. The predicted molar refractivity (Wildman–Crippen MR) is 84.0 cm³/mol. The van der Waals surface area contributed by atoms with Gasteiger partial charge < -0.3 is 10.4 Å². The number of hydrogen-bond acceptors (Lipinski definition) is 4. The van der Waals surface area contributed by atoms with E-state index in [0.29, 0.717) is 24.1 Å². The smallest absolute Gasteiger partial charge is 0.307 e. The van der Waals surface area contributed by atoms with Crippen molar-refractivity contribution in [1.82, 2.24) is 5.48 Å². The Bertz CT molecular complexity index is 528. The monoisotopic (exact) mass is 322 g/mol. The molecule has 0 aliphatic rings. The van der Waals surface area contributed by atoms with Crippen molar-refractivity contribution in [3.8, 4) is 0 Å². The van der Waals surface area contributed by atoms with Crippen LogP contribution in [0, 0.1) is 0 Å². The van der Waals surface area contributed by atoms with Crippen LogP contribution in [0.1, 0.15) is 44.1 Å². The van der Waals surface area contributed by atoms with Crippen LogP contribution in [0.4, 0.5) is 5.69 Å². The Morgan fingerprint density at radius 1 is 0.870 bits per heavy atom. The van der Waals surface area contributed by atoms with E-state index in [-0.39, 0.29) is 18.7 Å². The molecule has 0 spiro atoms. The second-order valence-corrected chi connectivity index (χ2v) is 5.26. The Morgan fingerprint density at radius 2 is 1.43 bits per heavy atom. The summed E-state index contributed by atoms with van der Waals surface area (Å²) < 4.78 is 0. The van der Waals surface area contributed by atoms with Gasteiger partial charge in [0.15, 0.2) is 0 Å². The number of carboxylic acid groups (broad SMARTS) is 1. The van der Waals surface area contributed by atoms with Gasteiger partial charge in [0, 0.05) is 18.5 Å². The van der Waals surface area contributed by atoms with E-state index in [1.165, 1.54) is 0 Å². The first-order valence-corrected chi connectivity index (χ1v) is 7.55. The lowest BCUT2D eigenvalue weighted by atomic mass is 10.1. The number of hydroxylamine groups is 1. The number of aliphatic carboxylic acids is 1. The molecule has 0 saturated heterocycles. The molecule has 0 atom stereocenters. The number of anilines is 1. The summed E-state index contributed by atoms with van der Waals surface area (Å²) in [5.41, 5.74) is 2.91. The summed E-state index contributed by atoms with van der Waals surface area (Å²) >= 11 is 0. The summed E-state index contributed by atoms with van der Waals surface area (Å²) in [4.78, 5) is 33.1. The maximum atomic E-state index is 11.8. The van der Waals surface area contributed by atoms with Crippen LogP contribution in [0.2, 0.25) is 0 Å². The third-order valence-corrected chi connectivity index (χ3v) is 3.28. The minimum absolute atomic E-state index is 0.0392. The van der Waals surface area contributed by atoms with E-state index in [2.05, 4.69) is 5.32 Å². The van der Waals surface area contributed by atoms with Crippen LogP contribution >= 0.6 is 0 Å². The van der Waals surface area contributed by atoms with Crippen LogP contribution < -0.4 is 10.8 Å². The van der Waals surface area contributed by atoms with Crippen LogP contribution in [-0.4, -0.2) is 28.1 Å². The van der Waals surface area contributed by atoms with Crippen LogP contribution in [-0.2, 0) is 20.8 Å². The van der Waals surface area contributed by atoms with Gasteiger partial charge in [-0.15, -0.1) is 0 Å². The Morgan fingerprint density at radius 3 is 1.96 bits per heavy atom. The fourth-order valence-corrected chi connectivity index (χ4v) is 2.08. The largest absolute Gasteiger partial charge is 0.481 e. The molecule has 2 amide bonds. The summed E-state index contributed by atoms with van der Waals surface area (Å²) in [7, 11) is 0. The highest BCUT2D eigenvalue weighted by Crippen LogP contribution is 2.12. The zero-order valence-electron chi connectivity index (χ0n) is 12.9. The first-order chi connectivity index (χ1) is 11.0. The standard InChI is InChI=1S/C16H22N2O5/c19-14(5-3-1-2-4-6-15(20)18-23)17-13-9-7-12(8-10-13)11-16(21)22/h7-10,23H,1-6,11H2,(H,17,19)(H,18,20)(H,21,22). The van der Waals surface area contributed by atoms with Gasteiger partial charge in [0.05, 0.1) is 6.42 Å². The number of hydrogen-bond donors (Lipinski definition) is 4. The van der Waals surface area contributed by atoms with Crippen molar-refractivity contribution >= 4 is 23.5 Å². The Hall–Kier alpha value is -2.41. The number of carbonyl (C=O) groups is 3. The number of nitrogens with one attached hydrogen (secondary N) is 2. The molecule has 0 bridgehead atoms. The number of carbonyl (C=O) groups excluding carboxylic acids is 2. The SMILES string of the molecule is O=C(O)Cc1ccc(NC(=O)CCCCCCC(=O)NO)cc1. The van der Waals surface area contributed by atoms with Gasteiger partial charge in [0.25, 0.3) is 0 Å². The molecule has 1 aromatic carbocycles. The molecule has 0 aliphatic carbocycles. The first kappa shape index (κ1) is 18.6. The molecule has 0 fully saturated rings. The molecule has 1 aromatic rings. The molecule has 23 heavy (non-hydrogen) atoms. The zero-order chi connectivity index (χ0) is 17.1. The molecule has 1 rings (SSSR count). The van der Waals surface area contributed by atoms with Gasteiger partial charge in [-0.2, -0.15) is 0 Å². The summed E-state index contributed by atoms with van der Waals surface area (Å²) in [5, 5.41) is 19.8. The molecule has 7 heteroatoms. The van der Waals surface area contributed by atoms with Crippen LogP contribution in [0.5, 0.6) is 0 Å². The normalized spacial score (nSPS) is 10.1. The van der Waals surface area contributed by atoms with Gasteiger partial charge in [-0.05, 0) is 30.5 Å². The average molecular weight is 322 g/mol. The summed E-state index contributed by atoms with van der Waals surface area (Å²) in [6.45, 7) is 0. The summed E-state index contributed by atoms with van der Waals surface area (Å²) in [5.74, 6) is -1.38. The Labute approximate surface area is 134 Å². The van der Waals surface area contributed by atoms with Crippen LogP contribution in [0.15, 0.2) is 24.3 Å². The van der Waals surface area contributed by atoms with E-state index in [4.69, 9.17) is 10.3 Å². The lowest BCUT2D eigenvalue weighted by Gasteiger charge is -2.06. The van der Waals surface area contributed by atoms with Crippen molar-refractivity contribution < 1.29 is 24.7 Å². The van der Waals surface area contributed by atoms with E-state index < -0.39 is 11.9 Å². The predicted octanol–water partition coefficient (Wildman–Crippen LogP) is 2.10. The lowest BCUT2D eigenvalue weighted by Crippen LogP contribution is -2.17. The Balaban J connectivity index is 2.18. The van der Waals surface area contributed by atoms with E-state index in [1.54, 1.807) is 29.7 Å². The van der Waals surface area contributed by atoms with Gasteiger partial charge in [0.2, 0.25) is 11.8 Å². The maximum absolute atomic E-state index is 11.8. The number of carboxylic acids is 1. The zero-order valence-corrected chi connectivity index (χ0v) is 12.9. The quantitative estimate of drug-likeness (QED) is 0.299. The van der Waals surface area contributed by atoms with E-state index in [1.807, 2.05) is 0 Å².